The van der Waals surface area contributed by atoms with Crippen LogP contribution in [0.4, 0.5) is 14.5 Å². The van der Waals surface area contributed by atoms with E-state index in [1.807, 2.05) is 0 Å². The highest BCUT2D eigenvalue weighted by atomic mass is 32.2. The van der Waals surface area contributed by atoms with Crippen molar-refractivity contribution in [3.63, 3.8) is 0 Å². The smallest absolute Gasteiger partial charge is 0.259 e. The van der Waals surface area contributed by atoms with Crippen molar-refractivity contribution < 1.29 is 17.2 Å². The average Bonchev–Trinajstić information content (AvgIpc) is 2.63. The third-order valence-electron chi connectivity index (χ3n) is 4.33. The molecule has 27 heavy (non-hydrogen) atoms. The van der Waals surface area contributed by atoms with E-state index in [0.29, 0.717) is 0 Å². The van der Waals surface area contributed by atoms with Crippen LogP contribution in [-0.4, -0.2) is 8.42 Å². The summed E-state index contributed by atoms with van der Waals surface area (Å²) < 4.78 is 55.7. The number of hydrogen-bond acceptors (Lipinski definition) is 2. The maximum Gasteiger partial charge on any atom is 0.264 e. The van der Waals surface area contributed by atoms with E-state index < -0.39 is 27.7 Å². The number of benzene rings is 3. The fourth-order valence-electron chi connectivity index (χ4n) is 2.99. The summed E-state index contributed by atoms with van der Waals surface area (Å²) in [7, 11) is -4.01. The zero-order valence-corrected chi connectivity index (χ0v) is 15.7. The summed E-state index contributed by atoms with van der Waals surface area (Å²) in [6.45, 7) is 3.40. The average molecular weight is 387 g/mol. The number of sulfonamides is 1. The number of hydrogen-bond donors (Lipinski definition) is 0. The molecule has 3 nitrogen and oxygen atoms in total. The molecular weight excluding hydrogens is 368 g/mol. The van der Waals surface area contributed by atoms with Crippen LogP contribution in [0, 0.1) is 18.6 Å². The predicted octanol–water partition coefficient (Wildman–Crippen LogP) is 5.23. The first-order valence-corrected chi connectivity index (χ1v) is 9.86. The predicted molar refractivity (Wildman–Crippen MR) is 102 cm³/mol. The van der Waals surface area contributed by atoms with Crippen LogP contribution in [-0.2, 0) is 10.0 Å². The maximum atomic E-state index is 14.4. The van der Waals surface area contributed by atoms with Crippen LogP contribution in [0.15, 0.2) is 77.7 Å². The molecule has 0 aliphatic rings. The molecule has 0 aromatic heterocycles. The Morgan fingerprint density at radius 3 is 2.19 bits per heavy atom. The Kier molecular flexibility index (Phi) is 5.28. The van der Waals surface area contributed by atoms with Crippen LogP contribution >= 0.6 is 0 Å². The number of anilines is 1. The zero-order valence-electron chi connectivity index (χ0n) is 14.9. The van der Waals surface area contributed by atoms with Crippen LogP contribution in [0.2, 0.25) is 0 Å². The minimum Gasteiger partial charge on any atom is -0.259 e. The molecule has 140 valence electrons. The van der Waals surface area contributed by atoms with Crippen molar-refractivity contribution in [3.8, 4) is 0 Å². The van der Waals surface area contributed by atoms with Gasteiger partial charge in [-0.2, -0.15) is 0 Å². The molecule has 0 aliphatic heterocycles. The molecule has 3 aromatic carbocycles. The van der Waals surface area contributed by atoms with Crippen molar-refractivity contribution in [1.82, 2.24) is 0 Å². The lowest BCUT2D eigenvalue weighted by molar-refractivity contribution is 0.568. The lowest BCUT2D eigenvalue weighted by atomic mass is 10.1. The van der Waals surface area contributed by atoms with Gasteiger partial charge in [0.15, 0.2) is 0 Å². The van der Waals surface area contributed by atoms with Crippen LogP contribution in [0.1, 0.15) is 24.1 Å². The molecule has 0 saturated heterocycles. The molecule has 0 fully saturated rings. The second kappa shape index (κ2) is 7.48. The second-order valence-electron chi connectivity index (χ2n) is 6.29. The summed E-state index contributed by atoms with van der Waals surface area (Å²) in [5, 5.41) is 0. The Labute approximate surface area is 157 Å². The van der Waals surface area contributed by atoms with Gasteiger partial charge in [0, 0.05) is 5.56 Å². The molecular formula is C21H19F2NO2S. The van der Waals surface area contributed by atoms with E-state index in [0.717, 1.165) is 9.87 Å². The SMILES string of the molecule is Cc1cccc(S(=O)(=O)N(c2ccc(F)cc2)C(C)c2ccccc2F)c1. The second-order valence-corrected chi connectivity index (χ2v) is 8.11. The van der Waals surface area contributed by atoms with E-state index in [1.54, 1.807) is 50.2 Å². The van der Waals surface area contributed by atoms with Gasteiger partial charge in [0.25, 0.3) is 10.0 Å². The number of aryl methyl sites for hydroxylation is 1. The minimum absolute atomic E-state index is 0.0926. The van der Waals surface area contributed by atoms with Gasteiger partial charge in [-0.1, -0.05) is 30.3 Å². The first kappa shape index (κ1) is 19.0. The highest BCUT2D eigenvalue weighted by molar-refractivity contribution is 7.92. The Morgan fingerprint density at radius 1 is 0.889 bits per heavy atom. The lowest BCUT2D eigenvalue weighted by Crippen LogP contribution is -2.34. The van der Waals surface area contributed by atoms with Crippen molar-refractivity contribution in [3.05, 3.63) is 95.6 Å². The topological polar surface area (TPSA) is 37.4 Å². The summed E-state index contributed by atoms with van der Waals surface area (Å²) in [6, 6.07) is 16.8. The van der Waals surface area contributed by atoms with Crippen molar-refractivity contribution >= 4 is 15.7 Å². The maximum absolute atomic E-state index is 14.4. The molecule has 1 unspecified atom stereocenters. The van der Waals surface area contributed by atoms with Gasteiger partial charge < -0.3 is 0 Å². The number of rotatable bonds is 5. The molecule has 0 heterocycles. The molecule has 0 N–H and O–H groups in total. The monoisotopic (exact) mass is 387 g/mol. The van der Waals surface area contributed by atoms with Gasteiger partial charge in [-0.25, -0.2) is 17.2 Å². The van der Waals surface area contributed by atoms with Gasteiger partial charge >= 0.3 is 0 Å². The largest absolute Gasteiger partial charge is 0.264 e. The Bertz CT molecular complexity index is 1050. The van der Waals surface area contributed by atoms with E-state index in [-0.39, 0.29) is 16.1 Å². The molecule has 0 amide bonds. The van der Waals surface area contributed by atoms with Crippen molar-refractivity contribution in [2.24, 2.45) is 0 Å². The van der Waals surface area contributed by atoms with Crippen LogP contribution in [0.25, 0.3) is 0 Å². The molecule has 3 aromatic rings. The van der Waals surface area contributed by atoms with E-state index in [9.17, 15) is 17.2 Å². The Hall–Kier alpha value is -2.73. The van der Waals surface area contributed by atoms with Gasteiger partial charge in [-0.15, -0.1) is 0 Å². The van der Waals surface area contributed by atoms with E-state index >= 15 is 0 Å². The molecule has 0 saturated carbocycles. The van der Waals surface area contributed by atoms with Crippen molar-refractivity contribution in [2.75, 3.05) is 4.31 Å². The van der Waals surface area contributed by atoms with Crippen molar-refractivity contribution in [1.29, 1.82) is 0 Å². The quantitative estimate of drug-likeness (QED) is 0.601. The van der Waals surface area contributed by atoms with Gasteiger partial charge in [0.2, 0.25) is 0 Å². The van der Waals surface area contributed by atoms with Gasteiger partial charge in [0.1, 0.15) is 11.6 Å². The fraction of sp³-hybridized carbons (Fsp3) is 0.143. The zero-order chi connectivity index (χ0) is 19.6. The van der Waals surface area contributed by atoms with Gasteiger partial charge in [-0.3, -0.25) is 4.31 Å². The molecule has 0 radical (unpaired) electrons. The third kappa shape index (κ3) is 3.85. The van der Waals surface area contributed by atoms with E-state index in [4.69, 9.17) is 0 Å². The van der Waals surface area contributed by atoms with Gasteiger partial charge in [0.05, 0.1) is 16.6 Å². The first-order chi connectivity index (χ1) is 12.8. The van der Waals surface area contributed by atoms with Crippen molar-refractivity contribution in [2.45, 2.75) is 24.8 Å². The highest BCUT2D eigenvalue weighted by Crippen LogP contribution is 2.34. The Balaban J connectivity index is 2.19. The molecule has 0 spiro atoms. The van der Waals surface area contributed by atoms with E-state index in [2.05, 4.69) is 0 Å². The fourth-order valence-corrected chi connectivity index (χ4v) is 4.73. The summed E-state index contributed by atoms with van der Waals surface area (Å²) in [5.41, 5.74) is 1.28. The highest BCUT2D eigenvalue weighted by Gasteiger charge is 2.31. The number of halogens is 2. The standard InChI is InChI=1S/C21H19F2NO2S/c1-15-6-5-7-19(14-15)27(25,26)24(18-12-10-17(22)11-13-18)16(2)20-8-3-4-9-21(20)23/h3-14,16H,1-2H3. The van der Waals surface area contributed by atoms with Crippen LogP contribution < -0.4 is 4.31 Å². The molecule has 6 heteroatoms. The molecule has 1 atom stereocenters. The van der Waals surface area contributed by atoms with Crippen LogP contribution in [0.3, 0.4) is 0 Å². The normalized spacial score (nSPS) is 12.6. The molecule has 0 aliphatic carbocycles. The first-order valence-electron chi connectivity index (χ1n) is 8.42. The molecule has 0 bridgehead atoms. The lowest BCUT2D eigenvalue weighted by Gasteiger charge is -2.31. The summed E-state index contributed by atoms with van der Waals surface area (Å²) >= 11 is 0. The summed E-state index contributed by atoms with van der Waals surface area (Å²) in [6.07, 6.45) is 0. The van der Waals surface area contributed by atoms with Gasteiger partial charge in [-0.05, 0) is 61.9 Å². The third-order valence-corrected chi connectivity index (χ3v) is 6.23. The summed E-state index contributed by atoms with van der Waals surface area (Å²) in [4.78, 5) is 0.0926. The summed E-state index contributed by atoms with van der Waals surface area (Å²) in [5.74, 6) is -0.984. The Morgan fingerprint density at radius 2 is 1.56 bits per heavy atom. The minimum atomic E-state index is -4.01. The van der Waals surface area contributed by atoms with Crippen LogP contribution in [0.5, 0.6) is 0 Å². The number of nitrogens with zero attached hydrogens (tertiary/aromatic N) is 1. The molecule has 3 rings (SSSR count). The van der Waals surface area contributed by atoms with E-state index in [1.165, 1.54) is 36.4 Å².